The first-order valence-corrected chi connectivity index (χ1v) is 18.7. The molecule has 0 aromatic heterocycles. The van der Waals surface area contributed by atoms with Crippen molar-refractivity contribution in [2.45, 2.75) is 63.8 Å². The molecular formula is C22H47Cl2N4O4Ti. The second-order valence-corrected chi connectivity index (χ2v) is 29.3. The van der Waals surface area contributed by atoms with E-state index in [0.29, 0.717) is 39.0 Å². The van der Waals surface area contributed by atoms with Gasteiger partial charge in [-0.25, -0.2) is 0 Å². The summed E-state index contributed by atoms with van der Waals surface area (Å²) in [4.78, 5) is 54.6. The third-order valence-corrected chi connectivity index (χ3v) is 31.8. The number of nitrogens with one attached hydrogen (secondary N) is 3. The van der Waals surface area contributed by atoms with E-state index in [9.17, 15) is 19.2 Å². The fourth-order valence-corrected chi connectivity index (χ4v) is 15.9. The van der Waals surface area contributed by atoms with E-state index in [4.69, 9.17) is 0 Å². The summed E-state index contributed by atoms with van der Waals surface area (Å²) in [7, 11) is 0. The molecule has 0 spiro atoms. The maximum atomic E-state index is 13.7. The SMILES string of the molecule is C[C](=O)[Ti]([CH3])([CH3])([C](C)=O)([C](C)=O)([C](C)=O)[N]1CCCNCCCNCCCNCCC1.Cl.Cl. The van der Waals surface area contributed by atoms with Crippen molar-refractivity contribution >= 4 is 41.2 Å². The minimum atomic E-state index is -6.91. The van der Waals surface area contributed by atoms with Crippen LogP contribution in [0.1, 0.15) is 53.4 Å². The molecule has 0 radical (unpaired) electrons. The van der Waals surface area contributed by atoms with E-state index in [1.54, 1.807) is 3.38 Å². The first-order valence-electron chi connectivity index (χ1n) is 11.8. The monoisotopic (exact) mass is 549 g/mol. The zero-order valence-electron chi connectivity index (χ0n) is 21.4. The predicted molar refractivity (Wildman–Crippen MR) is 138 cm³/mol. The maximum absolute atomic E-state index is 13.7. The van der Waals surface area contributed by atoms with E-state index in [1.807, 2.05) is 0 Å². The molecule has 0 saturated carbocycles. The maximum Gasteiger partial charge on any atom is -0.147 e. The first kappa shape index (κ1) is 35.0. The van der Waals surface area contributed by atoms with Crippen LogP contribution in [0.15, 0.2) is 0 Å². The molecular weight excluding hydrogens is 503 g/mol. The van der Waals surface area contributed by atoms with Gasteiger partial charge in [0, 0.05) is 0 Å². The molecule has 0 aliphatic carbocycles. The Morgan fingerprint density at radius 2 is 0.788 bits per heavy atom. The summed E-state index contributed by atoms with van der Waals surface area (Å²) >= 11 is -6.91. The van der Waals surface area contributed by atoms with Gasteiger partial charge in [-0.1, -0.05) is 0 Å². The van der Waals surface area contributed by atoms with Crippen molar-refractivity contribution < 1.29 is 32.2 Å². The summed E-state index contributed by atoms with van der Waals surface area (Å²) in [6.45, 7) is 10.8. The number of nitrogens with zero attached hydrogens (tertiary/aromatic N) is 1. The minimum absolute atomic E-state index is 0. The number of carbonyl (C=O) groups is 4. The number of hydrogen-bond acceptors (Lipinski definition) is 8. The molecule has 11 heteroatoms. The van der Waals surface area contributed by atoms with Crippen molar-refractivity contribution in [3.05, 3.63) is 0 Å². The van der Waals surface area contributed by atoms with Crippen LogP contribution in [0, 0.1) is 0 Å². The molecule has 197 valence electrons. The average molecular weight is 550 g/mol. The van der Waals surface area contributed by atoms with Crippen LogP contribution in [0.2, 0.25) is 10.5 Å². The largest absolute Gasteiger partial charge is 0.147 e. The van der Waals surface area contributed by atoms with Crippen LogP contribution < -0.4 is 16.0 Å². The van der Waals surface area contributed by atoms with E-state index in [1.165, 1.54) is 38.2 Å². The Morgan fingerprint density at radius 3 is 1.03 bits per heavy atom. The molecule has 1 rings (SSSR count). The summed E-state index contributed by atoms with van der Waals surface area (Å²) in [5, 5.41) is 13.2. The van der Waals surface area contributed by atoms with Crippen LogP contribution in [-0.4, -0.2) is 72.1 Å². The van der Waals surface area contributed by atoms with E-state index >= 15 is 0 Å². The minimum Gasteiger partial charge on any atom is -0.147 e. The van der Waals surface area contributed by atoms with Gasteiger partial charge in [-0.05, 0) is 0 Å². The number of carbonyl (C=O) groups excluding carboxylic acids is 4. The average Bonchev–Trinajstić information content (AvgIpc) is 2.68. The summed E-state index contributed by atoms with van der Waals surface area (Å²) in [6, 6.07) is 0. The van der Waals surface area contributed by atoms with Gasteiger partial charge in [-0.15, -0.1) is 24.8 Å². The van der Waals surface area contributed by atoms with Crippen LogP contribution in [0.5, 0.6) is 0 Å². The van der Waals surface area contributed by atoms with Crippen molar-refractivity contribution in [2.24, 2.45) is 0 Å². The third-order valence-electron chi connectivity index (χ3n) is 9.80. The van der Waals surface area contributed by atoms with Gasteiger partial charge in [0.2, 0.25) is 0 Å². The third kappa shape index (κ3) is 4.67. The van der Waals surface area contributed by atoms with E-state index in [2.05, 4.69) is 16.0 Å². The molecule has 1 saturated heterocycles. The van der Waals surface area contributed by atoms with Crippen LogP contribution >= 0.6 is 24.8 Å². The van der Waals surface area contributed by atoms with Gasteiger partial charge in [0.05, 0.1) is 0 Å². The van der Waals surface area contributed by atoms with Gasteiger partial charge < -0.3 is 0 Å². The fourth-order valence-electron chi connectivity index (χ4n) is 5.23. The zero-order chi connectivity index (χ0) is 23.9. The predicted octanol–water partition coefficient (Wildman–Crippen LogP) is 2.43. The quantitative estimate of drug-likeness (QED) is 0.449. The molecule has 0 aromatic rings. The normalized spacial score (nSPS) is 21.5. The van der Waals surface area contributed by atoms with Crippen LogP contribution in [0.25, 0.3) is 0 Å². The van der Waals surface area contributed by atoms with Crippen molar-refractivity contribution in [1.29, 1.82) is 0 Å². The van der Waals surface area contributed by atoms with Crippen molar-refractivity contribution in [3.63, 3.8) is 0 Å². The summed E-state index contributed by atoms with van der Waals surface area (Å²) in [5.74, 6) is 0. The van der Waals surface area contributed by atoms with Crippen molar-refractivity contribution in [1.82, 2.24) is 19.3 Å². The summed E-state index contributed by atoms with van der Waals surface area (Å²) in [6.07, 6.45) is 3.28. The zero-order valence-corrected chi connectivity index (χ0v) is 24.6. The topological polar surface area (TPSA) is 108 Å². The molecule has 0 atom stereocenters. The van der Waals surface area contributed by atoms with Gasteiger partial charge >= 0.3 is 184 Å². The molecule has 1 heterocycles. The fraction of sp³-hybridized carbons (Fsp3) is 0.818. The van der Waals surface area contributed by atoms with Gasteiger partial charge in [-0.3, -0.25) is 0 Å². The van der Waals surface area contributed by atoms with Gasteiger partial charge in [0.1, 0.15) is 0 Å². The second kappa shape index (κ2) is 11.7. The van der Waals surface area contributed by atoms with E-state index in [0.717, 1.165) is 39.0 Å². The van der Waals surface area contributed by atoms with Crippen LogP contribution in [-0.2, 0) is 32.2 Å². The molecule has 8 nitrogen and oxygen atoms in total. The molecule has 0 aromatic carbocycles. The molecule has 1 aliphatic heterocycles. The Morgan fingerprint density at radius 1 is 0.545 bits per heavy atom. The van der Waals surface area contributed by atoms with Crippen molar-refractivity contribution in [3.8, 4) is 0 Å². The summed E-state index contributed by atoms with van der Waals surface area (Å²) in [5.41, 5.74) is 0. The molecule has 1 aliphatic rings. The standard InChI is InChI=1S/C12H27N4.4C2H3O.2CH3.2ClH.Ti/c1-5-13-7-2-9-15-11-4-12-16-10-3-8-14-6-1;4*1-2-3;;;;;/h13-15H,1-12H2;4*1H3;2*1H3;2*1H;/q-1;;;;;;;;;+1. The molecule has 1 fully saturated rings. The molecule has 33 heavy (non-hydrogen) atoms. The number of halogens is 2. The van der Waals surface area contributed by atoms with Gasteiger partial charge in [0.25, 0.3) is 0 Å². The van der Waals surface area contributed by atoms with E-state index in [-0.39, 0.29) is 24.8 Å². The Kier molecular flexibility index (Phi) is 12.4. The Labute approximate surface area is 208 Å². The molecule has 3 N–H and O–H groups in total. The Bertz CT molecular complexity index is 674. The Balaban J connectivity index is 0. The number of hydrogen-bond donors (Lipinski definition) is 3. The van der Waals surface area contributed by atoms with Gasteiger partial charge in [-0.2, -0.15) is 0 Å². The molecule has 0 bridgehead atoms. The summed E-state index contributed by atoms with van der Waals surface area (Å²) < 4.78 is -0.485. The molecule has 0 unspecified atom stereocenters. The first-order chi connectivity index (χ1) is 14.3. The number of rotatable bonds is 5. The van der Waals surface area contributed by atoms with E-state index < -0.39 is 29.3 Å². The smallest absolute Gasteiger partial charge is 0.147 e. The van der Waals surface area contributed by atoms with Crippen LogP contribution in [0.4, 0.5) is 0 Å². The Hall–Kier alpha value is -0.186. The van der Waals surface area contributed by atoms with Crippen molar-refractivity contribution in [2.75, 3.05) is 52.4 Å². The van der Waals surface area contributed by atoms with Gasteiger partial charge in [0.15, 0.2) is 0 Å². The second-order valence-electron chi connectivity index (χ2n) is 11.0. The molecule has 0 amide bonds. The van der Waals surface area contributed by atoms with Crippen LogP contribution in [0.3, 0.4) is 0 Å².